The van der Waals surface area contributed by atoms with Crippen LogP contribution in [0, 0.1) is 0 Å². The van der Waals surface area contributed by atoms with E-state index in [1.807, 2.05) is 24.3 Å². The number of ether oxygens (including phenoxy) is 1. The third-order valence-electron chi connectivity index (χ3n) is 3.51. The van der Waals surface area contributed by atoms with Crippen molar-refractivity contribution in [2.75, 3.05) is 7.11 Å². The first kappa shape index (κ1) is 14.7. The molecule has 0 radical (unpaired) electrons. The molecule has 24 heavy (non-hydrogen) atoms. The van der Waals surface area contributed by atoms with E-state index in [2.05, 4.69) is 15.1 Å². The highest BCUT2D eigenvalue weighted by Gasteiger charge is 2.21. The predicted molar refractivity (Wildman–Crippen MR) is 87.9 cm³/mol. The van der Waals surface area contributed by atoms with Crippen molar-refractivity contribution >= 4 is 34.5 Å². The molecule has 8 heteroatoms. The zero-order valence-corrected chi connectivity index (χ0v) is 13.5. The number of aromatic nitrogens is 4. The molecule has 1 aromatic carbocycles. The average molecular weight is 340 g/mol. The number of para-hydroxylation sites is 1. The van der Waals surface area contributed by atoms with Gasteiger partial charge in [0, 0.05) is 29.1 Å². The Bertz CT molecular complexity index is 1010. The lowest BCUT2D eigenvalue weighted by atomic mass is 10.1. The number of furan rings is 1. The third kappa shape index (κ3) is 2.50. The lowest BCUT2D eigenvalue weighted by molar-refractivity contribution is 0.0566. The molecule has 0 N–H and O–H groups in total. The minimum atomic E-state index is -0.494. The summed E-state index contributed by atoms with van der Waals surface area (Å²) >= 11 is 1.41. The van der Waals surface area contributed by atoms with Crippen LogP contribution in [0.1, 0.15) is 16.1 Å². The van der Waals surface area contributed by atoms with E-state index in [1.54, 1.807) is 23.0 Å². The number of nitrogens with zero attached hydrogens (tertiary/aromatic N) is 4. The highest BCUT2D eigenvalue weighted by Crippen LogP contribution is 2.31. The Hall–Kier alpha value is -2.87. The SMILES string of the molecule is COC(=O)c1oc2ccccc2c1CSc1nc2ncccn2n1. The number of hydrogen-bond donors (Lipinski definition) is 0. The summed E-state index contributed by atoms with van der Waals surface area (Å²) in [6.07, 6.45) is 3.45. The molecule has 3 aromatic heterocycles. The van der Waals surface area contributed by atoms with Gasteiger partial charge < -0.3 is 9.15 Å². The van der Waals surface area contributed by atoms with Crippen LogP contribution in [0.15, 0.2) is 52.3 Å². The molecule has 0 amide bonds. The van der Waals surface area contributed by atoms with E-state index in [-0.39, 0.29) is 5.76 Å². The number of benzene rings is 1. The van der Waals surface area contributed by atoms with Crippen LogP contribution in [0.3, 0.4) is 0 Å². The second kappa shape index (κ2) is 5.97. The van der Waals surface area contributed by atoms with Gasteiger partial charge in [0.2, 0.25) is 10.9 Å². The topological polar surface area (TPSA) is 82.5 Å². The minimum absolute atomic E-state index is 0.216. The van der Waals surface area contributed by atoms with E-state index in [9.17, 15) is 4.79 Å². The molecule has 4 rings (SSSR count). The largest absolute Gasteiger partial charge is 0.463 e. The lowest BCUT2D eigenvalue weighted by Gasteiger charge is -1.99. The average Bonchev–Trinajstić information content (AvgIpc) is 3.20. The minimum Gasteiger partial charge on any atom is -0.463 e. The van der Waals surface area contributed by atoms with Gasteiger partial charge in [-0.1, -0.05) is 30.0 Å². The molecule has 3 heterocycles. The second-order valence-electron chi connectivity index (χ2n) is 4.94. The highest BCUT2D eigenvalue weighted by atomic mass is 32.2. The molecule has 0 unspecified atom stereocenters. The van der Waals surface area contributed by atoms with Crippen molar-refractivity contribution in [2.24, 2.45) is 0 Å². The number of esters is 1. The van der Waals surface area contributed by atoms with E-state index < -0.39 is 5.97 Å². The third-order valence-corrected chi connectivity index (χ3v) is 4.38. The fourth-order valence-electron chi connectivity index (χ4n) is 2.41. The summed E-state index contributed by atoms with van der Waals surface area (Å²) in [5.74, 6) is 0.739. The number of thioether (sulfide) groups is 1. The maximum Gasteiger partial charge on any atom is 0.374 e. The molecule has 0 aliphatic heterocycles. The van der Waals surface area contributed by atoms with Gasteiger partial charge in [-0.2, -0.15) is 4.98 Å². The molecule has 0 saturated carbocycles. The molecule has 0 spiro atoms. The Balaban J connectivity index is 1.69. The fraction of sp³-hybridized carbons (Fsp3) is 0.125. The maximum atomic E-state index is 12.0. The summed E-state index contributed by atoms with van der Waals surface area (Å²) in [5.41, 5.74) is 1.42. The van der Waals surface area contributed by atoms with Crippen LogP contribution in [0.2, 0.25) is 0 Å². The van der Waals surface area contributed by atoms with Gasteiger partial charge in [-0.15, -0.1) is 5.10 Å². The van der Waals surface area contributed by atoms with Crippen LogP contribution >= 0.6 is 11.8 Å². The van der Waals surface area contributed by atoms with Crippen molar-refractivity contribution in [2.45, 2.75) is 10.9 Å². The Morgan fingerprint density at radius 3 is 3.04 bits per heavy atom. The van der Waals surface area contributed by atoms with Crippen molar-refractivity contribution in [3.8, 4) is 0 Å². The molecule has 4 aromatic rings. The van der Waals surface area contributed by atoms with Gasteiger partial charge in [0.05, 0.1) is 7.11 Å². The van der Waals surface area contributed by atoms with Gasteiger partial charge in [0.25, 0.3) is 5.78 Å². The first-order chi connectivity index (χ1) is 11.8. The van der Waals surface area contributed by atoms with E-state index in [1.165, 1.54) is 18.9 Å². The highest BCUT2D eigenvalue weighted by molar-refractivity contribution is 7.98. The predicted octanol–water partition coefficient (Wildman–Crippen LogP) is 2.95. The summed E-state index contributed by atoms with van der Waals surface area (Å²) in [7, 11) is 1.34. The van der Waals surface area contributed by atoms with Crippen LogP contribution in [-0.4, -0.2) is 32.7 Å². The summed E-state index contributed by atoms with van der Waals surface area (Å²) < 4.78 is 12.1. The first-order valence-electron chi connectivity index (χ1n) is 7.15. The van der Waals surface area contributed by atoms with Crippen molar-refractivity contribution < 1.29 is 13.9 Å². The van der Waals surface area contributed by atoms with Gasteiger partial charge in [0.15, 0.2) is 0 Å². The number of carbonyl (C=O) groups excluding carboxylic acids is 1. The summed E-state index contributed by atoms with van der Waals surface area (Å²) in [4.78, 5) is 20.5. The molecule has 120 valence electrons. The van der Waals surface area contributed by atoms with Gasteiger partial charge in [0.1, 0.15) is 5.58 Å². The number of methoxy groups -OCH3 is 1. The molecule has 0 aliphatic carbocycles. The van der Waals surface area contributed by atoms with Crippen LogP contribution < -0.4 is 0 Å². The van der Waals surface area contributed by atoms with Crippen molar-refractivity contribution in [3.05, 3.63) is 54.0 Å². The first-order valence-corrected chi connectivity index (χ1v) is 8.14. The number of fused-ring (bicyclic) bond motifs is 2. The lowest BCUT2D eigenvalue weighted by Crippen LogP contribution is -2.02. The molecular weight excluding hydrogens is 328 g/mol. The van der Waals surface area contributed by atoms with E-state index >= 15 is 0 Å². The second-order valence-corrected chi connectivity index (χ2v) is 5.89. The van der Waals surface area contributed by atoms with Crippen LogP contribution in [-0.2, 0) is 10.5 Å². The van der Waals surface area contributed by atoms with Crippen molar-refractivity contribution in [1.29, 1.82) is 0 Å². The Labute approximate surface area is 140 Å². The van der Waals surface area contributed by atoms with Gasteiger partial charge in [-0.3, -0.25) is 0 Å². The number of rotatable bonds is 4. The van der Waals surface area contributed by atoms with Crippen molar-refractivity contribution in [1.82, 2.24) is 19.6 Å². The Morgan fingerprint density at radius 1 is 1.33 bits per heavy atom. The monoisotopic (exact) mass is 340 g/mol. The Kier molecular flexibility index (Phi) is 3.66. The molecular formula is C16H12N4O3S. The summed E-state index contributed by atoms with van der Waals surface area (Å²) in [6, 6.07) is 9.29. The molecule has 0 atom stereocenters. The molecule has 7 nitrogen and oxygen atoms in total. The van der Waals surface area contributed by atoms with Crippen LogP contribution in [0.4, 0.5) is 0 Å². The fourth-order valence-corrected chi connectivity index (χ4v) is 3.26. The zero-order valence-electron chi connectivity index (χ0n) is 12.7. The maximum absolute atomic E-state index is 12.0. The van der Waals surface area contributed by atoms with E-state index in [0.717, 1.165) is 10.9 Å². The summed E-state index contributed by atoms with van der Waals surface area (Å²) in [5, 5.41) is 5.81. The van der Waals surface area contributed by atoms with Gasteiger partial charge in [-0.05, 0) is 12.1 Å². The quantitative estimate of drug-likeness (QED) is 0.417. The summed E-state index contributed by atoms with van der Waals surface area (Å²) in [6.45, 7) is 0. The van der Waals surface area contributed by atoms with E-state index in [4.69, 9.17) is 9.15 Å². The smallest absolute Gasteiger partial charge is 0.374 e. The molecule has 0 aliphatic rings. The normalized spacial score (nSPS) is 11.2. The van der Waals surface area contributed by atoms with Gasteiger partial charge in [-0.25, -0.2) is 14.3 Å². The van der Waals surface area contributed by atoms with Crippen molar-refractivity contribution in [3.63, 3.8) is 0 Å². The molecule has 0 saturated heterocycles. The number of hydrogen-bond acceptors (Lipinski definition) is 7. The van der Waals surface area contributed by atoms with Gasteiger partial charge >= 0.3 is 5.97 Å². The standard InChI is InChI=1S/C16H12N4O3S/c1-22-14(21)13-11(10-5-2-3-6-12(10)23-13)9-24-16-18-15-17-7-4-8-20(15)19-16/h2-8H,9H2,1H3. The number of carbonyl (C=O) groups is 1. The van der Waals surface area contributed by atoms with E-state index in [0.29, 0.717) is 22.3 Å². The van der Waals surface area contributed by atoms with Crippen LogP contribution in [0.25, 0.3) is 16.7 Å². The Morgan fingerprint density at radius 2 is 2.21 bits per heavy atom. The molecule has 0 bridgehead atoms. The zero-order chi connectivity index (χ0) is 16.5. The van der Waals surface area contributed by atoms with Crippen LogP contribution in [0.5, 0.6) is 0 Å². The molecule has 0 fully saturated rings.